The van der Waals surface area contributed by atoms with Crippen molar-refractivity contribution in [2.75, 3.05) is 18.4 Å². The number of amides is 3. The number of aryl methyl sites for hydroxylation is 2. The van der Waals surface area contributed by atoms with E-state index in [4.69, 9.17) is 0 Å². The number of rotatable bonds is 5. The molecule has 30 heavy (non-hydrogen) atoms. The molecule has 3 amide bonds. The molecular weight excluding hydrogens is 382 g/mol. The highest BCUT2D eigenvalue weighted by Crippen LogP contribution is 2.22. The number of carbonyl (C=O) groups excluding carboxylic acids is 2. The molecule has 0 unspecified atom stereocenters. The van der Waals surface area contributed by atoms with E-state index in [1.165, 1.54) is 5.56 Å². The number of nitrogens with zero attached hydrogens (tertiary/aromatic N) is 5. The van der Waals surface area contributed by atoms with Crippen molar-refractivity contribution in [2.24, 2.45) is 0 Å². The molecule has 3 heterocycles. The quantitative estimate of drug-likeness (QED) is 0.678. The van der Waals surface area contributed by atoms with Crippen molar-refractivity contribution in [3.05, 3.63) is 71.3 Å². The van der Waals surface area contributed by atoms with E-state index in [2.05, 4.69) is 25.9 Å². The van der Waals surface area contributed by atoms with Gasteiger partial charge in [0.25, 0.3) is 5.91 Å². The maximum Gasteiger partial charge on any atom is 0.321 e. The lowest BCUT2D eigenvalue weighted by atomic mass is 10.1. The summed E-state index contributed by atoms with van der Waals surface area (Å²) in [4.78, 5) is 30.3. The minimum atomic E-state index is -0.290. The van der Waals surface area contributed by atoms with Gasteiger partial charge < -0.3 is 15.5 Å². The molecule has 2 N–H and O–H groups in total. The molecule has 4 rings (SSSR count). The van der Waals surface area contributed by atoms with Crippen LogP contribution in [-0.4, -0.2) is 49.9 Å². The Bertz CT molecular complexity index is 1060. The second-order valence-electron chi connectivity index (χ2n) is 7.41. The molecule has 1 aliphatic heterocycles. The van der Waals surface area contributed by atoms with Crippen molar-refractivity contribution >= 4 is 17.6 Å². The van der Waals surface area contributed by atoms with Crippen molar-refractivity contribution in [3.8, 4) is 0 Å². The van der Waals surface area contributed by atoms with Gasteiger partial charge in [0.05, 0.1) is 12.2 Å². The van der Waals surface area contributed by atoms with Gasteiger partial charge in [0.2, 0.25) is 0 Å². The van der Waals surface area contributed by atoms with Crippen molar-refractivity contribution in [3.63, 3.8) is 0 Å². The minimum absolute atomic E-state index is 0.00440. The summed E-state index contributed by atoms with van der Waals surface area (Å²) in [7, 11) is 0. The van der Waals surface area contributed by atoms with Crippen molar-refractivity contribution in [1.29, 1.82) is 0 Å². The second-order valence-corrected chi connectivity index (χ2v) is 7.41. The SMILES string of the molecule is Cc1ccc(NC(=O)N2CC(n3cc(C(=O)NCc4ccncc4)nn3)C2)cc1C. The van der Waals surface area contributed by atoms with E-state index in [0.717, 1.165) is 16.8 Å². The molecule has 154 valence electrons. The molecule has 1 aromatic carbocycles. The van der Waals surface area contributed by atoms with Gasteiger partial charge in [-0.05, 0) is 54.8 Å². The zero-order chi connectivity index (χ0) is 21.1. The molecule has 0 atom stereocenters. The van der Waals surface area contributed by atoms with E-state index >= 15 is 0 Å². The average Bonchev–Trinajstić information content (AvgIpc) is 3.18. The molecule has 1 fully saturated rings. The first-order valence-electron chi connectivity index (χ1n) is 9.72. The maximum atomic E-state index is 12.4. The number of likely N-dealkylation sites (tertiary alicyclic amines) is 1. The van der Waals surface area contributed by atoms with E-state index in [1.807, 2.05) is 44.2 Å². The Hall–Kier alpha value is -3.75. The number of anilines is 1. The first-order valence-corrected chi connectivity index (χ1v) is 9.72. The van der Waals surface area contributed by atoms with Crippen LogP contribution in [0.25, 0.3) is 0 Å². The predicted octanol–water partition coefficient (Wildman–Crippen LogP) is 2.31. The number of nitrogens with one attached hydrogen (secondary N) is 2. The Morgan fingerprint density at radius 3 is 2.60 bits per heavy atom. The van der Waals surface area contributed by atoms with Gasteiger partial charge in [0, 0.05) is 37.7 Å². The van der Waals surface area contributed by atoms with Gasteiger partial charge in [-0.1, -0.05) is 11.3 Å². The number of carbonyl (C=O) groups is 2. The monoisotopic (exact) mass is 405 g/mol. The van der Waals surface area contributed by atoms with E-state index in [-0.39, 0.29) is 23.7 Å². The smallest absolute Gasteiger partial charge is 0.321 e. The van der Waals surface area contributed by atoms with Crippen LogP contribution in [0.4, 0.5) is 10.5 Å². The fourth-order valence-electron chi connectivity index (χ4n) is 3.14. The van der Waals surface area contributed by atoms with Gasteiger partial charge >= 0.3 is 6.03 Å². The number of benzene rings is 1. The minimum Gasteiger partial charge on any atom is -0.347 e. The van der Waals surface area contributed by atoms with E-state index in [9.17, 15) is 9.59 Å². The van der Waals surface area contributed by atoms with E-state index in [0.29, 0.717) is 19.6 Å². The third-order valence-electron chi connectivity index (χ3n) is 5.23. The summed E-state index contributed by atoms with van der Waals surface area (Å²) in [5, 5.41) is 13.7. The summed E-state index contributed by atoms with van der Waals surface area (Å²) in [6.07, 6.45) is 4.97. The number of hydrogen-bond acceptors (Lipinski definition) is 5. The molecule has 0 spiro atoms. The van der Waals surface area contributed by atoms with Crippen LogP contribution in [0.2, 0.25) is 0 Å². The number of hydrogen-bond donors (Lipinski definition) is 2. The first kappa shape index (κ1) is 19.6. The number of aromatic nitrogens is 4. The molecule has 0 bridgehead atoms. The largest absolute Gasteiger partial charge is 0.347 e. The highest BCUT2D eigenvalue weighted by molar-refractivity contribution is 5.92. The van der Waals surface area contributed by atoms with Gasteiger partial charge in [0.15, 0.2) is 5.69 Å². The summed E-state index contributed by atoms with van der Waals surface area (Å²) in [6.45, 7) is 5.47. The van der Waals surface area contributed by atoms with Crippen molar-refractivity contribution in [2.45, 2.75) is 26.4 Å². The van der Waals surface area contributed by atoms with Crippen LogP contribution in [0.15, 0.2) is 48.9 Å². The van der Waals surface area contributed by atoms with Gasteiger partial charge in [0.1, 0.15) is 0 Å². The summed E-state index contributed by atoms with van der Waals surface area (Å²) in [5.74, 6) is -0.290. The van der Waals surface area contributed by atoms with Crippen LogP contribution in [0.3, 0.4) is 0 Å². The highest BCUT2D eigenvalue weighted by Gasteiger charge is 2.33. The maximum absolute atomic E-state index is 12.4. The van der Waals surface area contributed by atoms with Gasteiger partial charge in [-0.15, -0.1) is 5.10 Å². The number of pyridine rings is 1. The molecule has 3 aromatic rings. The third kappa shape index (κ3) is 4.29. The van der Waals surface area contributed by atoms with Crippen LogP contribution < -0.4 is 10.6 Å². The zero-order valence-electron chi connectivity index (χ0n) is 16.9. The third-order valence-corrected chi connectivity index (χ3v) is 5.23. The second kappa shape index (κ2) is 8.32. The lowest BCUT2D eigenvalue weighted by molar-refractivity contribution is 0.0945. The highest BCUT2D eigenvalue weighted by atomic mass is 16.2. The lowest BCUT2D eigenvalue weighted by Crippen LogP contribution is -2.52. The summed E-state index contributed by atoms with van der Waals surface area (Å²) < 4.78 is 1.64. The summed E-state index contributed by atoms with van der Waals surface area (Å²) in [6, 6.07) is 9.37. The molecule has 9 nitrogen and oxygen atoms in total. The van der Waals surface area contributed by atoms with Crippen LogP contribution >= 0.6 is 0 Å². The van der Waals surface area contributed by atoms with E-state index in [1.54, 1.807) is 28.2 Å². The molecular formula is C21H23N7O2. The van der Waals surface area contributed by atoms with Crippen molar-refractivity contribution in [1.82, 2.24) is 30.2 Å². The van der Waals surface area contributed by atoms with Crippen LogP contribution in [0.1, 0.15) is 33.2 Å². The Morgan fingerprint density at radius 2 is 1.87 bits per heavy atom. The van der Waals surface area contributed by atoms with Crippen LogP contribution in [0.5, 0.6) is 0 Å². The Balaban J connectivity index is 1.27. The van der Waals surface area contributed by atoms with Crippen molar-refractivity contribution < 1.29 is 9.59 Å². The van der Waals surface area contributed by atoms with Gasteiger partial charge in [-0.3, -0.25) is 9.78 Å². The molecule has 2 aromatic heterocycles. The lowest BCUT2D eigenvalue weighted by Gasteiger charge is -2.38. The first-order chi connectivity index (χ1) is 14.5. The molecule has 0 aliphatic carbocycles. The number of urea groups is 1. The fourth-order valence-corrected chi connectivity index (χ4v) is 3.14. The Morgan fingerprint density at radius 1 is 1.10 bits per heavy atom. The molecule has 1 saturated heterocycles. The zero-order valence-corrected chi connectivity index (χ0v) is 16.9. The summed E-state index contributed by atoms with van der Waals surface area (Å²) in [5.41, 5.74) is 4.30. The predicted molar refractivity (Wildman–Crippen MR) is 111 cm³/mol. The Labute approximate surface area is 174 Å². The van der Waals surface area contributed by atoms with Gasteiger partial charge in [-0.2, -0.15) is 0 Å². The molecule has 0 saturated carbocycles. The average molecular weight is 405 g/mol. The van der Waals surface area contributed by atoms with E-state index < -0.39 is 0 Å². The fraction of sp³-hybridized carbons (Fsp3) is 0.286. The standard InChI is InChI=1S/C21H23N7O2/c1-14-3-4-17(9-15(14)2)24-21(30)27-11-18(12-27)28-13-19(25-26-28)20(29)23-10-16-5-7-22-8-6-16/h3-9,13,18H,10-12H2,1-2H3,(H,23,29)(H,24,30). The molecule has 0 radical (unpaired) electrons. The topological polar surface area (TPSA) is 105 Å². The normalized spacial score (nSPS) is 13.6. The van der Waals surface area contributed by atoms with Crippen LogP contribution in [-0.2, 0) is 6.54 Å². The molecule has 1 aliphatic rings. The molecule has 9 heteroatoms. The van der Waals surface area contributed by atoms with Gasteiger partial charge in [-0.25, -0.2) is 9.48 Å². The summed E-state index contributed by atoms with van der Waals surface area (Å²) >= 11 is 0. The Kier molecular flexibility index (Phi) is 5.42. The van der Waals surface area contributed by atoms with Crippen LogP contribution in [0, 0.1) is 13.8 Å².